The Morgan fingerprint density at radius 3 is 2.94 bits per heavy atom. The van der Waals surface area contributed by atoms with Gasteiger partial charge in [-0.25, -0.2) is 9.82 Å². The Labute approximate surface area is 104 Å². The van der Waals surface area contributed by atoms with Gasteiger partial charge < -0.3 is 0 Å². The maximum Gasteiger partial charge on any atom is 0.142 e. The van der Waals surface area contributed by atoms with E-state index in [0.29, 0.717) is 15.7 Å². The van der Waals surface area contributed by atoms with Crippen molar-refractivity contribution in [2.24, 2.45) is 5.84 Å². The van der Waals surface area contributed by atoms with Crippen LogP contribution in [0.15, 0.2) is 28.1 Å². The molecule has 2 aromatic rings. The first-order valence-corrected chi connectivity index (χ1v) is 6.04. The van der Waals surface area contributed by atoms with Gasteiger partial charge in [-0.1, -0.05) is 16.6 Å². The SMILES string of the molecule is NNC(c1csnn1)c1cccc(Br)c1F. The molecular formula is C9H8BrFN4S. The summed E-state index contributed by atoms with van der Waals surface area (Å²) in [6.45, 7) is 0. The van der Waals surface area contributed by atoms with Gasteiger partial charge in [0.15, 0.2) is 0 Å². The second kappa shape index (κ2) is 4.96. The first-order valence-electron chi connectivity index (χ1n) is 4.41. The van der Waals surface area contributed by atoms with E-state index in [4.69, 9.17) is 5.84 Å². The minimum atomic E-state index is -0.490. The van der Waals surface area contributed by atoms with Crippen molar-refractivity contribution in [3.63, 3.8) is 0 Å². The fourth-order valence-electron chi connectivity index (χ4n) is 1.38. The van der Waals surface area contributed by atoms with Crippen LogP contribution in [0.3, 0.4) is 0 Å². The maximum atomic E-state index is 13.8. The molecule has 0 saturated carbocycles. The normalized spacial score (nSPS) is 12.7. The molecule has 0 saturated heterocycles. The molecule has 84 valence electrons. The number of nitrogens with one attached hydrogen (secondary N) is 1. The van der Waals surface area contributed by atoms with Crippen molar-refractivity contribution in [2.45, 2.75) is 6.04 Å². The van der Waals surface area contributed by atoms with E-state index < -0.39 is 6.04 Å². The van der Waals surface area contributed by atoms with E-state index in [1.54, 1.807) is 23.6 Å². The summed E-state index contributed by atoms with van der Waals surface area (Å²) in [4.78, 5) is 0. The molecule has 1 aromatic heterocycles. The molecule has 0 radical (unpaired) electrons. The summed E-state index contributed by atoms with van der Waals surface area (Å²) in [5.74, 6) is 5.07. The van der Waals surface area contributed by atoms with Gasteiger partial charge in [0.25, 0.3) is 0 Å². The lowest BCUT2D eigenvalue weighted by Gasteiger charge is -2.14. The summed E-state index contributed by atoms with van der Waals surface area (Å²) < 4.78 is 18.0. The van der Waals surface area contributed by atoms with E-state index in [9.17, 15) is 4.39 Å². The zero-order valence-electron chi connectivity index (χ0n) is 8.02. The van der Waals surface area contributed by atoms with Crippen LogP contribution in [0.5, 0.6) is 0 Å². The van der Waals surface area contributed by atoms with Gasteiger partial charge >= 0.3 is 0 Å². The number of nitrogens with zero attached hydrogens (tertiary/aromatic N) is 2. The van der Waals surface area contributed by atoms with Gasteiger partial charge in [-0.15, -0.1) is 5.10 Å². The molecule has 1 atom stereocenters. The van der Waals surface area contributed by atoms with Gasteiger partial charge in [-0.05, 0) is 33.5 Å². The molecule has 0 aliphatic heterocycles. The molecule has 1 unspecified atom stereocenters. The Hall–Kier alpha value is -0.890. The Balaban J connectivity index is 2.45. The summed E-state index contributed by atoms with van der Waals surface area (Å²) in [7, 11) is 0. The highest BCUT2D eigenvalue weighted by atomic mass is 79.9. The molecule has 0 bridgehead atoms. The molecule has 4 nitrogen and oxygen atoms in total. The Bertz CT molecular complexity index is 476. The van der Waals surface area contributed by atoms with Gasteiger partial charge in [0.1, 0.15) is 5.82 Å². The number of hydrogen-bond acceptors (Lipinski definition) is 5. The van der Waals surface area contributed by atoms with Crippen molar-refractivity contribution >= 4 is 27.5 Å². The summed E-state index contributed by atoms with van der Waals surface area (Å²) in [5.41, 5.74) is 3.57. The molecule has 1 heterocycles. The van der Waals surface area contributed by atoms with Crippen LogP contribution in [0.4, 0.5) is 4.39 Å². The Kier molecular flexibility index (Phi) is 3.59. The van der Waals surface area contributed by atoms with Crippen LogP contribution < -0.4 is 11.3 Å². The minimum Gasteiger partial charge on any atom is -0.271 e. The molecule has 1 aromatic carbocycles. The average Bonchev–Trinajstić information content (AvgIpc) is 2.79. The van der Waals surface area contributed by atoms with Crippen LogP contribution >= 0.6 is 27.5 Å². The molecule has 0 amide bonds. The van der Waals surface area contributed by atoms with Crippen LogP contribution in [0.25, 0.3) is 0 Å². The Morgan fingerprint density at radius 2 is 2.31 bits per heavy atom. The third kappa shape index (κ3) is 2.12. The molecule has 0 aliphatic rings. The van der Waals surface area contributed by atoms with Crippen molar-refractivity contribution in [3.05, 3.63) is 45.1 Å². The quantitative estimate of drug-likeness (QED) is 0.672. The van der Waals surface area contributed by atoms with Gasteiger partial charge in [-0.2, -0.15) is 0 Å². The first-order chi connectivity index (χ1) is 7.74. The molecule has 0 spiro atoms. The lowest BCUT2D eigenvalue weighted by molar-refractivity contribution is 0.548. The number of nitrogens with two attached hydrogens (primary N) is 1. The molecule has 0 aliphatic carbocycles. The molecule has 3 N–H and O–H groups in total. The van der Waals surface area contributed by atoms with E-state index in [-0.39, 0.29) is 5.82 Å². The van der Waals surface area contributed by atoms with Gasteiger partial charge in [0.2, 0.25) is 0 Å². The smallest absolute Gasteiger partial charge is 0.142 e. The van der Waals surface area contributed by atoms with E-state index in [1.165, 1.54) is 11.5 Å². The first kappa shape index (κ1) is 11.6. The maximum absolute atomic E-state index is 13.8. The number of hydrazine groups is 1. The molecule has 0 fully saturated rings. The van der Waals surface area contributed by atoms with Gasteiger partial charge in [0.05, 0.1) is 16.2 Å². The lowest BCUT2D eigenvalue weighted by atomic mass is 10.0. The van der Waals surface area contributed by atoms with Crippen LogP contribution in [-0.2, 0) is 0 Å². The van der Waals surface area contributed by atoms with Gasteiger partial charge in [-0.3, -0.25) is 5.84 Å². The standard InChI is InChI=1S/C9H8BrFN4S/c10-6-3-1-2-5(8(6)11)9(13-12)7-4-16-15-14-7/h1-4,9,13H,12H2. The highest BCUT2D eigenvalue weighted by Crippen LogP contribution is 2.27. The number of rotatable bonds is 3. The van der Waals surface area contributed by atoms with Crippen molar-refractivity contribution in [3.8, 4) is 0 Å². The van der Waals surface area contributed by atoms with E-state index in [2.05, 4.69) is 30.9 Å². The zero-order valence-corrected chi connectivity index (χ0v) is 10.4. The molecule has 16 heavy (non-hydrogen) atoms. The topological polar surface area (TPSA) is 63.8 Å². The molecule has 7 heteroatoms. The van der Waals surface area contributed by atoms with Gasteiger partial charge in [0, 0.05) is 10.9 Å². The van der Waals surface area contributed by atoms with Crippen molar-refractivity contribution < 1.29 is 4.39 Å². The third-order valence-electron chi connectivity index (χ3n) is 2.13. The highest BCUT2D eigenvalue weighted by molar-refractivity contribution is 9.10. The van der Waals surface area contributed by atoms with Crippen LogP contribution in [0.2, 0.25) is 0 Å². The highest BCUT2D eigenvalue weighted by Gasteiger charge is 2.19. The fourth-order valence-corrected chi connectivity index (χ4v) is 2.24. The molecule has 2 rings (SSSR count). The number of halogens is 2. The van der Waals surface area contributed by atoms with Crippen molar-refractivity contribution in [2.75, 3.05) is 0 Å². The summed E-state index contributed by atoms with van der Waals surface area (Å²) in [6.07, 6.45) is 0. The van der Waals surface area contributed by atoms with Crippen LogP contribution in [0.1, 0.15) is 17.3 Å². The third-order valence-corrected chi connectivity index (χ3v) is 3.27. The van der Waals surface area contributed by atoms with Crippen molar-refractivity contribution in [1.82, 2.24) is 15.0 Å². The van der Waals surface area contributed by atoms with E-state index >= 15 is 0 Å². The summed E-state index contributed by atoms with van der Waals surface area (Å²) in [5, 5.41) is 5.61. The molecular weight excluding hydrogens is 295 g/mol. The Morgan fingerprint density at radius 1 is 1.50 bits per heavy atom. The van der Waals surface area contributed by atoms with Crippen molar-refractivity contribution in [1.29, 1.82) is 0 Å². The van der Waals surface area contributed by atoms with Crippen LogP contribution in [-0.4, -0.2) is 9.59 Å². The lowest BCUT2D eigenvalue weighted by Crippen LogP contribution is -2.29. The number of aromatic nitrogens is 2. The second-order valence-electron chi connectivity index (χ2n) is 3.07. The predicted octanol–water partition coefficient (Wildman–Crippen LogP) is 1.99. The van der Waals surface area contributed by atoms with Crippen LogP contribution in [0, 0.1) is 5.82 Å². The monoisotopic (exact) mass is 302 g/mol. The predicted molar refractivity (Wildman–Crippen MR) is 63.2 cm³/mol. The summed E-state index contributed by atoms with van der Waals surface area (Å²) in [6, 6.07) is 4.54. The minimum absolute atomic E-state index is 0.349. The van der Waals surface area contributed by atoms with E-state index in [0.717, 1.165) is 0 Å². The summed E-state index contributed by atoms with van der Waals surface area (Å²) >= 11 is 4.33. The average molecular weight is 303 g/mol. The second-order valence-corrected chi connectivity index (χ2v) is 4.54. The number of benzene rings is 1. The van der Waals surface area contributed by atoms with E-state index in [1.807, 2.05) is 0 Å². The zero-order chi connectivity index (χ0) is 11.5. The largest absolute Gasteiger partial charge is 0.271 e. The fraction of sp³-hybridized carbons (Fsp3) is 0.111. The number of hydrogen-bond donors (Lipinski definition) is 2.